The summed E-state index contributed by atoms with van der Waals surface area (Å²) in [7, 11) is 3.81. The summed E-state index contributed by atoms with van der Waals surface area (Å²) < 4.78 is 7.36. The lowest BCUT2D eigenvalue weighted by Gasteiger charge is -2.15. The molecular weight excluding hydrogens is 286 g/mol. The van der Waals surface area contributed by atoms with E-state index in [1.54, 1.807) is 4.68 Å². The molecule has 0 amide bonds. The van der Waals surface area contributed by atoms with Crippen molar-refractivity contribution < 1.29 is 4.42 Å². The summed E-state index contributed by atoms with van der Waals surface area (Å²) in [5.74, 6) is 0. The molecule has 4 nitrogen and oxygen atoms in total. The lowest BCUT2D eigenvalue weighted by atomic mass is 9.99. The molecule has 0 bridgehead atoms. The molecule has 0 fully saturated rings. The number of aryl methyl sites for hydroxylation is 2. The molecule has 21 heavy (non-hydrogen) atoms. The average Bonchev–Trinajstić information content (AvgIpc) is 3.00. The van der Waals surface area contributed by atoms with Crippen LogP contribution in [0.25, 0.3) is 11.0 Å². The summed E-state index contributed by atoms with van der Waals surface area (Å²) in [5, 5.41) is 9.56. The van der Waals surface area contributed by atoms with Crippen molar-refractivity contribution in [1.29, 1.82) is 0 Å². The molecule has 1 N–H and O–H groups in total. The number of aromatic nitrogens is 2. The Morgan fingerprint density at radius 1 is 1.38 bits per heavy atom. The van der Waals surface area contributed by atoms with Crippen LogP contribution in [0.2, 0.25) is 5.15 Å². The summed E-state index contributed by atoms with van der Waals surface area (Å²) in [6.07, 6.45) is 2.60. The first-order valence-corrected chi connectivity index (χ1v) is 7.31. The Hall–Kier alpha value is -1.78. The Labute approximate surface area is 128 Å². The number of halogens is 1. The third kappa shape index (κ3) is 2.45. The average molecular weight is 304 g/mol. The normalized spacial score (nSPS) is 13.0. The van der Waals surface area contributed by atoms with Crippen LogP contribution in [0.4, 0.5) is 0 Å². The Morgan fingerprint density at radius 2 is 2.14 bits per heavy atom. The quantitative estimate of drug-likeness (QED) is 0.800. The van der Waals surface area contributed by atoms with Gasteiger partial charge >= 0.3 is 0 Å². The van der Waals surface area contributed by atoms with Gasteiger partial charge in [-0.15, -0.1) is 0 Å². The zero-order chi connectivity index (χ0) is 15.0. The SMILES string of the molecule is CNC(Cc1c(C)nn(C)c1Cl)c1coc2ccccc12. The summed E-state index contributed by atoms with van der Waals surface area (Å²) >= 11 is 6.34. The molecule has 2 aromatic heterocycles. The monoisotopic (exact) mass is 303 g/mol. The number of furan rings is 1. The third-order valence-electron chi connectivity index (χ3n) is 3.91. The van der Waals surface area contributed by atoms with Gasteiger partial charge in [0.2, 0.25) is 0 Å². The minimum absolute atomic E-state index is 0.133. The fourth-order valence-electron chi connectivity index (χ4n) is 2.75. The van der Waals surface area contributed by atoms with Gasteiger partial charge in [-0.2, -0.15) is 5.10 Å². The number of benzene rings is 1. The van der Waals surface area contributed by atoms with Crippen molar-refractivity contribution in [2.24, 2.45) is 7.05 Å². The molecule has 0 saturated carbocycles. The number of nitrogens with zero attached hydrogens (tertiary/aromatic N) is 2. The molecule has 0 saturated heterocycles. The largest absolute Gasteiger partial charge is 0.464 e. The van der Waals surface area contributed by atoms with Crippen molar-refractivity contribution in [1.82, 2.24) is 15.1 Å². The predicted molar refractivity (Wildman–Crippen MR) is 84.7 cm³/mol. The Bertz CT molecular complexity index is 775. The summed E-state index contributed by atoms with van der Waals surface area (Å²) in [6, 6.07) is 8.20. The van der Waals surface area contributed by atoms with Gasteiger partial charge in [0.15, 0.2) is 0 Å². The van der Waals surface area contributed by atoms with Gasteiger partial charge in [0.25, 0.3) is 0 Å². The summed E-state index contributed by atoms with van der Waals surface area (Å²) in [4.78, 5) is 0. The zero-order valence-corrected chi connectivity index (χ0v) is 13.1. The molecule has 3 aromatic rings. The Balaban J connectivity index is 1.99. The number of hydrogen-bond donors (Lipinski definition) is 1. The minimum atomic E-state index is 0.133. The molecule has 5 heteroatoms. The molecule has 0 radical (unpaired) electrons. The molecule has 110 valence electrons. The molecular formula is C16H18ClN3O. The lowest BCUT2D eigenvalue weighted by Crippen LogP contribution is -2.18. The van der Waals surface area contributed by atoms with Crippen molar-refractivity contribution in [2.45, 2.75) is 19.4 Å². The maximum absolute atomic E-state index is 6.34. The smallest absolute Gasteiger partial charge is 0.134 e. The van der Waals surface area contributed by atoms with Gasteiger partial charge in [-0.25, -0.2) is 0 Å². The fourth-order valence-corrected chi connectivity index (χ4v) is 3.00. The number of para-hydroxylation sites is 1. The van der Waals surface area contributed by atoms with Crippen LogP contribution in [0.1, 0.15) is 22.9 Å². The van der Waals surface area contributed by atoms with Crippen molar-refractivity contribution >= 4 is 22.6 Å². The van der Waals surface area contributed by atoms with E-state index < -0.39 is 0 Å². The van der Waals surface area contributed by atoms with E-state index in [9.17, 15) is 0 Å². The molecule has 1 atom stereocenters. The third-order valence-corrected chi connectivity index (χ3v) is 4.39. The van der Waals surface area contributed by atoms with E-state index in [0.29, 0.717) is 5.15 Å². The second-order valence-electron chi connectivity index (χ2n) is 5.21. The van der Waals surface area contributed by atoms with Gasteiger partial charge in [-0.3, -0.25) is 4.68 Å². The van der Waals surface area contributed by atoms with E-state index in [-0.39, 0.29) is 6.04 Å². The van der Waals surface area contributed by atoms with Crippen LogP contribution < -0.4 is 5.32 Å². The van der Waals surface area contributed by atoms with Crippen LogP contribution in [0.5, 0.6) is 0 Å². The van der Waals surface area contributed by atoms with Crippen LogP contribution in [-0.4, -0.2) is 16.8 Å². The van der Waals surface area contributed by atoms with Crippen LogP contribution in [0.3, 0.4) is 0 Å². The van der Waals surface area contributed by atoms with E-state index in [4.69, 9.17) is 16.0 Å². The highest BCUT2D eigenvalue weighted by Gasteiger charge is 2.20. The standard InChI is InChI=1S/C16H18ClN3O/c1-10-12(16(17)20(3)19-10)8-14(18-2)13-9-21-15-7-5-4-6-11(13)15/h4-7,9,14,18H,8H2,1-3H3. The second-order valence-corrected chi connectivity index (χ2v) is 5.57. The van der Waals surface area contributed by atoms with Crippen molar-refractivity contribution in [3.05, 3.63) is 52.5 Å². The fraction of sp³-hybridized carbons (Fsp3) is 0.312. The first kappa shape index (κ1) is 14.2. The van der Waals surface area contributed by atoms with Crippen molar-refractivity contribution in [2.75, 3.05) is 7.05 Å². The van der Waals surface area contributed by atoms with E-state index >= 15 is 0 Å². The van der Waals surface area contributed by atoms with E-state index in [1.165, 1.54) is 0 Å². The van der Waals surface area contributed by atoms with Gasteiger partial charge in [-0.05, 0) is 26.5 Å². The highest BCUT2D eigenvalue weighted by molar-refractivity contribution is 6.30. The highest BCUT2D eigenvalue weighted by Crippen LogP contribution is 2.30. The van der Waals surface area contributed by atoms with Gasteiger partial charge in [0.1, 0.15) is 10.7 Å². The Kier molecular flexibility index (Phi) is 3.74. The van der Waals surface area contributed by atoms with Crippen LogP contribution in [0.15, 0.2) is 34.9 Å². The summed E-state index contributed by atoms with van der Waals surface area (Å²) in [6.45, 7) is 1.99. The number of rotatable bonds is 4. The van der Waals surface area contributed by atoms with Gasteiger partial charge in [-0.1, -0.05) is 29.8 Å². The topological polar surface area (TPSA) is 43.0 Å². The molecule has 2 heterocycles. The van der Waals surface area contributed by atoms with Crippen LogP contribution in [0, 0.1) is 6.92 Å². The number of fused-ring (bicyclic) bond motifs is 1. The molecule has 0 aliphatic rings. The van der Waals surface area contributed by atoms with E-state index in [1.807, 2.05) is 45.5 Å². The molecule has 0 aliphatic heterocycles. The minimum Gasteiger partial charge on any atom is -0.464 e. The second kappa shape index (κ2) is 5.54. The highest BCUT2D eigenvalue weighted by atomic mass is 35.5. The zero-order valence-electron chi connectivity index (χ0n) is 12.4. The predicted octanol–water partition coefficient (Wildman–Crippen LogP) is 3.63. The van der Waals surface area contributed by atoms with Gasteiger partial charge in [0.05, 0.1) is 12.0 Å². The Morgan fingerprint density at radius 3 is 2.81 bits per heavy atom. The summed E-state index contributed by atoms with van der Waals surface area (Å²) in [5.41, 5.74) is 4.09. The first-order valence-electron chi connectivity index (χ1n) is 6.93. The van der Waals surface area contributed by atoms with Crippen LogP contribution in [-0.2, 0) is 13.5 Å². The molecule has 1 unspecified atom stereocenters. The maximum Gasteiger partial charge on any atom is 0.134 e. The molecule has 1 aromatic carbocycles. The maximum atomic E-state index is 6.34. The van der Waals surface area contributed by atoms with Gasteiger partial charge in [0, 0.05) is 29.6 Å². The number of nitrogens with one attached hydrogen (secondary N) is 1. The van der Waals surface area contributed by atoms with Crippen LogP contribution >= 0.6 is 11.6 Å². The van der Waals surface area contributed by atoms with E-state index in [0.717, 1.165) is 34.2 Å². The number of likely N-dealkylation sites (N-methyl/N-ethyl adjacent to an activating group) is 1. The van der Waals surface area contributed by atoms with Crippen molar-refractivity contribution in [3.63, 3.8) is 0 Å². The number of hydrogen-bond acceptors (Lipinski definition) is 3. The molecule has 0 spiro atoms. The molecule has 0 aliphatic carbocycles. The molecule has 3 rings (SSSR count). The van der Waals surface area contributed by atoms with Gasteiger partial charge < -0.3 is 9.73 Å². The first-order chi connectivity index (χ1) is 10.1. The van der Waals surface area contributed by atoms with E-state index in [2.05, 4.69) is 16.5 Å². The lowest BCUT2D eigenvalue weighted by molar-refractivity contribution is 0.562. The van der Waals surface area contributed by atoms with Crippen molar-refractivity contribution in [3.8, 4) is 0 Å².